The van der Waals surface area contributed by atoms with Gasteiger partial charge in [-0.3, -0.25) is 4.28 Å². The van der Waals surface area contributed by atoms with Gasteiger partial charge in [0.1, 0.15) is 6.07 Å². The van der Waals surface area contributed by atoms with Crippen LogP contribution in [-0.4, -0.2) is 24.7 Å². The zero-order chi connectivity index (χ0) is 15.4. The van der Waals surface area contributed by atoms with Gasteiger partial charge in [0.05, 0.1) is 6.61 Å². The average molecular weight is 308 g/mol. The molecule has 0 atom stereocenters. The summed E-state index contributed by atoms with van der Waals surface area (Å²) < 4.78 is 60.6. The van der Waals surface area contributed by atoms with Crippen molar-refractivity contribution in [2.24, 2.45) is 5.16 Å². The van der Waals surface area contributed by atoms with Crippen molar-refractivity contribution < 1.29 is 31.0 Å². The molecule has 0 aliphatic carbocycles. The fourth-order valence-corrected chi connectivity index (χ4v) is 1.29. The number of nitrogens with zero attached hydrogens (tertiary/aromatic N) is 2. The van der Waals surface area contributed by atoms with Gasteiger partial charge in [-0.2, -0.15) is 26.9 Å². The first-order chi connectivity index (χ1) is 9.21. The maximum atomic E-state index is 12.0. The lowest BCUT2D eigenvalue weighted by molar-refractivity contribution is -0.0540. The number of rotatable bonds is 4. The van der Waals surface area contributed by atoms with Crippen LogP contribution in [0.25, 0.3) is 0 Å². The van der Waals surface area contributed by atoms with E-state index >= 15 is 0 Å². The highest BCUT2D eigenvalue weighted by molar-refractivity contribution is 7.87. The molecular weight excluding hydrogens is 301 g/mol. The molecule has 0 saturated carbocycles. The zero-order valence-corrected chi connectivity index (χ0v) is 10.4. The Balaban J connectivity index is 3.02. The second-order valence-electron chi connectivity index (χ2n) is 3.38. The molecule has 0 bridgehead atoms. The lowest BCUT2D eigenvalue weighted by Gasteiger charge is -2.05. The SMILES string of the molecule is N#CC(=NOS(=O)(=O)C(F)(F)F)c1ccc(CO)cc1. The van der Waals surface area contributed by atoms with Crippen LogP contribution in [0.5, 0.6) is 0 Å². The molecule has 1 N–H and O–H groups in total. The summed E-state index contributed by atoms with van der Waals surface area (Å²) in [7, 11) is -5.90. The van der Waals surface area contributed by atoms with Gasteiger partial charge in [0, 0.05) is 5.56 Å². The van der Waals surface area contributed by atoms with Crippen LogP contribution < -0.4 is 0 Å². The molecule has 0 aliphatic rings. The van der Waals surface area contributed by atoms with Crippen LogP contribution in [0.15, 0.2) is 29.4 Å². The Labute approximate surface area is 111 Å². The molecular formula is C10H7F3N2O4S. The Bertz CT molecular complexity index is 645. The minimum atomic E-state index is -5.90. The van der Waals surface area contributed by atoms with Gasteiger partial charge in [-0.1, -0.05) is 29.4 Å². The van der Waals surface area contributed by atoms with Gasteiger partial charge in [0.2, 0.25) is 0 Å². The van der Waals surface area contributed by atoms with Gasteiger partial charge >= 0.3 is 15.6 Å². The van der Waals surface area contributed by atoms with Gasteiger partial charge in [-0.25, -0.2) is 0 Å². The van der Waals surface area contributed by atoms with Crippen molar-refractivity contribution in [3.05, 3.63) is 35.4 Å². The van der Waals surface area contributed by atoms with Crippen molar-refractivity contribution in [3.63, 3.8) is 0 Å². The van der Waals surface area contributed by atoms with E-state index in [9.17, 15) is 21.6 Å². The van der Waals surface area contributed by atoms with Crippen molar-refractivity contribution in [1.82, 2.24) is 0 Å². The normalized spacial score (nSPS) is 12.8. The molecule has 20 heavy (non-hydrogen) atoms. The fourth-order valence-electron chi connectivity index (χ4n) is 1.03. The van der Waals surface area contributed by atoms with Gasteiger partial charge in [-0.05, 0) is 5.56 Å². The van der Waals surface area contributed by atoms with Crippen LogP contribution >= 0.6 is 0 Å². The Morgan fingerprint density at radius 3 is 2.30 bits per heavy atom. The maximum absolute atomic E-state index is 12.0. The number of hydrogen-bond donors (Lipinski definition) is 1. The predicted octanol–water partition coefficient (Wildman–Crippen LogP) is 1.27. The molecule has 108 valence electrons. The van der Waals surface area contributed by atoms with E-state index in [1.807, 2.05) is 0 Å². The molecule has 0 saturated heterocycles. The molecule has 1 aromatic carbocycles. The number of hydrogen-bond acceptors (Lipinski definition) is 6. The minimum Gasteiger partial charge on any atom is -0.392 e. The van der Waals surface area contributed by atoms with Crippen molar-refractivity contribution in [3.8, 4) is 6.07 Å². The minimum absolute atomic E-state index is 0.0436. The third-order valence-electron chi connectivity index (χ3n) is 2.03. The number of aliphatic hydroxyl groups is 1. The second-order valence-corrected chi connectivity index (χ2v) is 4.90. The lowest BCUT2D eigenvalue weighted by Crippen LogP contribution is -2.24. The Kier molecular flexibility index (Phi) is 4.69. The van der Waals surface area contributed by atoms with E-state index < -0.39 is 21.3 Å². The van der Waals surface area contributed by atoms with Crippen LogP contribution in [0.2, 0.25) is 0 Å². The monoisotopic (exact) mass is 308 g/mol. The molecule has 10 heteroatoms. The molecule has 0 unspecified atom stereocenters. The van der Waals surface area contributed by atoms with Gasteiger partial charge in [0.15, 0.2) is 5.71 Å². The smallest absolute Gasteiger partial charge is 0.392 e. The van der Waals surface area contributed by atoms with E-state index in [-0.39, 0.29) is 12.2 Å². The number of nitriles is 1. The molecule has 6 nitrogen and oxygen atoms in total. The molecule has 0 amide bonds. The van der Waals surface area contributed by atoms with E-state index in [4.69, 9.17) is 10.4 Å². The Morgan fingerprint density at radius 1 is 1.35 bits per heavy atom. The lowest BCUT2D eigenvalue weighted by atomic mass is 10.1. The third-order valence-corrected chi connectivity index (χ3v) is 2.86. The largest absolute Gasteiger partial charge is 0.536 e. The number of alkyl halides is 3. The molecule has 0 spiro atoms. The Morgan fingerprint density at radius 2 is 1.90 bits per heavy atom. The first-order valence-corrected chi connectivity index (χ1v) is 6.30. The highest BCUT2D eigenvalue weighted by atomic mass is 32.2. The highest BCUT2D eigenvalue weighted by Gasteiger charge is 2.49. The summed E-state index contributed by atoms with van der Waals surface area (Å²) in [6, 6.07) is 6.74. The molecule has 0 aliphatic heterocycles. The van der Waals surface area contributed by atoms with E-state index in [1.54, 1.807) is 0 Å². The summed E-state index contributed by atoms with van der Waals surface area (Å²) in [5.74, 6) is 0. The molecule has 0 radical (unpaired) electrons. The van der Waals surface area contributed by atoms with E-state index in [1.165, 1.54) is 30.3 Å². The van der Waals surface area contributed by atoms with Gasteiger partial charge in [-0.15, -0.1) is 0 Å². The van der Waals surface area contributed by atoms with Gasteiger partial charge in [0.25, 0.3) is 0 Å². The van der Waals surface area contributed by atoms with Crippen LogP contribution in [0.4, 0.5) is 13.2 Å². The van der Waals surface area contributed by atoms with Crippen LogP contribution in [-0.2, 0) is 21.0 Å². The third kappa shape index (κ3) is 3.69. The second kappa shape index (κ2) is 5.89. The summed E-state index contributed by atoms with van der Waals surface area (Å²) in [6.07, 6.45) is 0. The van der Waals surface area contributed by atoms with Crippen LogP contribution in [0.3, 0.4) is 0 Å². The maximum Gasteiger partial charge on any atom is 0.536 e. The standard InChI is InChI=1S/C10H7F3N2O4S/c11-10(12,13)20(17,18)19-15-9(5-14)8-3-1-7(6-16)2-4-8/h1-4,16H,6H2. The molecule has 0 heterocycles. The molecule has 1 aromatic rings. The highest BCUT2D eigenvalue weighted by Crippen LogP contribution is 2.24. The van der Waals surface area contributed by atoms with Crippen molar-refractivity contribution in [1.29, 1.82) is 5.26 Å². The number of benzene rings is 1. The number of oxime groups is 1. The summed E-state index contributed by atoms with van der Waals surface area (Å²) in [5, 5.41) is 20.2. The van der Waals surface area contributed by atoms with E-state index in [2.05, 4.69) is 9.44 Å². The first kappa shape index (κ1) is 15.9. The summed E-state index contributed by atoms with van der Waals surface area (Å²) >= 11 is 0. The quantitative estimate of drug-likeness (QED) is 0.513. The van der Waals surface area contributed by atoms with Crippen molar-refractivity contribution in [2.45, 2.75) is 12.1 Å². The topological polar surface area (TPSA) is 99.8 Å². The molecule has 0 aromatic heterocycles. The van der Waals surface area contributed by atoms with Gasteiger partial charge < -0.3 is 5.11 Å². The average Bonchev–Trinajstić information content (AvgIpc) is 2.38. The van der Waals surface area contributed by atoms with Crippen molar-refractivity contribution in [2.75, 3.05) is 0 Å². The van der Waals surface area contributed by atoms with Crippen LogP contribution in [0, 0.1) is 11.3 Å². The first-order valence-electron chi connectivity index (χ1n) is 4.89. The zero-order valence-electron chi connectivity index (χ0n) is 9.63. The number of aliphatic hydroxyl groups excluding tert-OH is 1. The summed E-state index contributed by atoms with van der Waals surface area (Å²) in [6.45, 7) is -0.266. The fraction of sp³-hybridized carbons (Fsp3) is 0.200. The van der Waals surface area contributed by atoms with Crippen molar-refractivity contribution >= 4 is 15.8 Å². The summed E-state index contributed by atoms with van der Waals surface area (Å²) in [4.78, 5) is 0. The van der Waals surface area contributed by atoms with E-state index in [0.717, 1.165) is 0 Å². The number of halogens is 3. The van der Waals surface area contributed by atoms with E-state index in [0.29, 0.717) is 5.56 Å². The Hall–Kier alpha value is -2.12. The summed E-state index contributed by atoms with van der Waals surface area (Å²) in [5.41, 5.74) is -5.74. The molecule has 1 rings (SSSR count). The van der Waals surface area contributed by atoms with Crippen LogP contribution in [0.1, 0.15) is 11.1 Å². The molecule has 0 fully saturated rings. The predicted molar refractivity (Wildman–Crippen MR) is 60.6 cm³/mol.